The maximum Gasteiger partial charge on any atom is 0.257 e. The molecule has 0 bridgehead atoms. The molecule has 7 heteroatoms. The number of benzene rings is 2. The van der Waals surface area contributed by atoms with Gasteiger partial charge in [-0.15, -0.1) is 0 Å². The predicted octanol–water partition coefficient (Wildman–Crippen LogP) is 2.07. The summed E-state index contributed by atoms with van der Waals surface area (Å²) in [5, 5.41) is 18.5. The molecule has 0 fully saturated rings. The van der Waals surface area contributed by atoms with Crippen LogP contribution in [0.15, 0.2) is 59.1 Å². The van der Waals surface area contributed by atoms with Gasteiger partial charge in [0.25, 0.3) is 11.8 Å². The molecule has 0 atom stereocenters. The lowest BCUT2D eigenvalue weighted by Gasteiger charge is -2.07. The number of aromatic nitrogens is 2. The summed E-state index contributed by atoms with van der Waals surface area (Å²) in [7, 11) is 0. The van der Waals surface area contributed by atoms with E-state index in [9.17, 15) is 4.79 Å². The minimum Gasteiger partial charge on any atom is -0.395 e. The molecule has 2 aromatic carbocycles. The number of hydrogen-bond donors (Lipinski definition) is 3. The van der Waals surface area contributed by atoms with Gasteiger partial charge in [0.2, 0.25) is 0 Å². The fraction of sp³-hybridized carbons (Fsp3) is 0.167. The molecule has 0 aliphatic carbocycles. The fourth-order valence-corrected chi connectivity index (χ4v) is 2.25. The van der Waals surface area contributed by atoms with Crippen molar-refractivity contribution >= 4 is 11.6 Å². The molecule has 128 valence electrons. The summed E-state index contributed by atoms with van der Waals surface area (Å²) in [5.41, 5.74) is 2.14. The van der Waals surface area contributed by atoms with Crippen LogP contribution in [0.25, 0.3) is 11.5 Å². The SMILES string of the molecule is O=C(NCCO)c1cccc(NCc2noc(-c3ccccc3)n2)c1. The smallest absolute Gasteiger partial charge is 0.257 e. The van der Waals surface area contributed by atoms with E-state index in [4.69, 9.17) is 9.63 Å². The molecule has 0 aliphatic heterocycles. The lowest BCUT2D eigenvalue weighted by atomic mass is 10.2. The number of carbonyl (C=O) groups is 1. The second-order valence-electron chi connectivity index (χ2n) is 5.30. The largest absolute Gasteiger partial charge is 0.395 e. The summed E-state index contributed by atoms with van der Waals surface area (Å²) < 4.78 is 5.26. The quantitative estimate of drug-likeness (QED) is 0.610. The first-order chi connectivity index (χ1) is 12.3. The Balaban J connectivity index is 1.62. The Hall–Kier alpha value is -3.19. The van der Waals surface area contributed by atoms with Gasteiger partial charge < -0.3 is 20.3 Å². The van der Waals surface area contributed by atoms with Crippen molar-refractivity contribution in [2.75, 3.05) is 18.5 Å². The normalized spacial score (nSPS) is 10.4. The average molecular weight is 338 g/mol. The minimum atomic E-state index is -0.233. The van der Waals surface area contributed by atoms with Crippen LogP contribution >= 0.6 is 0 Å². The van der Waals surface area contributed by atoms with Crippen molar-refractivity contribution in [3.63, 3.8) is 0 Å². The molecule has 3 N–H and O–H groups in total. The van der Waals surface area contributed by atoms with Crippen molar-refractivity contribution < 1.29 is 14.4 Å². The lowest BCUT2D eigenvalue weighted by molar-refractivity contribution is 0.0945. The van der Waals surface area contributed by atoms with Crippen LogP contribution in [0.4, 0.5) is 5.69 Å². The van der Waals surface area contributed by atoms with E-state index in [2.05, 4.69) is 20.8 Å². The highest BCUT2D eigenvalue weighted by Crippen LogP contribution is 2.17. The standard InChI is InChI=1S/C18H18N4O3/c23-10-9-19-17(24)14-7-4-8-15(11-14)20-12-16-21-18(25-22-16)13-5-2-1-3-6-13/h1-8,11,20,23H,9-10,12H2,(H,19,24). The summed E-state index contributed by atoms with van der Waals surface area (Å²) >= 11 is 0. The minimum absolute atomic E-state index is 0.0920. The van der Waals surface area contributed by atoms with Crippen LogP contribution in [0.5, 0.6) is 0 Å². The summed E-state index contributed by atoms with van der Waals surface area (Å²) in [5.74, 6) is 0.757. The van der Waals surface area contributed by atoms with Gasteiger partial charge in [-0.2, -0.15) is 4.98 Å². The van der Waals surface area contributed by atoms with E-state index in [1.807, 2.05) is 36.4 Å². The van der Waals surface area contributed by atoms with Gasteiger partial charge in [-0.3, -0.25) is 4.79 Å². The highest BCUT2D eigenvalue weighted by Gasteiger charge is 2.09. The zero-order valence-electron chi connectivity index (χ0n) is 13.5. The van der Waals surface area contributed by atoms with E-state index in [1.54, 1.807) is 18.2 Å². The molecule has 1 aromatic heterocycles. The van der Waals surface area contributed by atoms with Gasteiger partial charge >= 0.3 is 0 Å². The van der Waals surface area contributed by atoms with Gasteiger partial charge in [0.15, 0.2) is 5.82 Å². The number of aliphatic hydroxyl groups is 1. The van der Waals surface area contributed by atoms with Gasteiger partial charge in [-0.1, -0.05) is 29.4 Å². The molecule has 3 aromatic rings. The Labute approximate surface area is 144 Å². The second-order valence-corrected chi connectivity index (χ2v) is 5.30. The van der Waals surface area contributed by atoms with Crippen LogP contribution in [0.2, 0.25) is 0 Å². The van der Waals surface area contributed by atoms with Gasteiger partial charge in [-0.05, 0) is 30.3 Å². The zero-order valence-corrected chi connectivity index (χ0v) is 13.5. The Kier molecular flexibility index (Phi) is 5.38. The first kappa shape index (κ1) is 16.7. The number of anilines is 1. The fourth-order valence-electron chi connectivity index (χ4n) is 2.25. The van der Waals surface area contributed by atoms with Crippen LogP contribution in [0.1, 0.15) is 16.2 Å². The highest BCUT2D eigenvalue weighted by molar-refractivity contribution is 5.95. The van der Waals surface area contributed by atoms with Crippen molar-refractivity contribution in [2.45, 2.75) is 6.54 Å². The molecule has 0 saturated carbocycles. The Bertz CT molecular complexity index is 833. The van der Waals surface area contributed by atoms with Crippen LogP contribution in [-0.2, 0) is 6.54 Å². The summed E-state index contributed by atoms with van der Waals surface area (Å²) in [6.07, 6.45) is 0. The van der Waals surface area contributed by atoms with Crippen LogP contribution in [0, 0.1) is 0 Å². The van der Waals surface area contributed by atoms with Gasteiger partial charge in [0, 0.05) is 23.4 Å². The third kappa shape index (κ3) is 4.42. The number of carbonyl (C=O) groups excluding carboxylic acids is 1. The molecule has 3 rings (SSSR count). The molecule has 25 heavy (non-hydrogen) atoms. The first-order valence-corrected chi connectivity index (χ1v) is 7.87. The van der Waals surface area contributed by atoms with Crippen molar-refractivity contribution in [3.8, 4) is 11.5 Å². The molecule has 7 nitrogen and oxygen atoms in total. The van der Waals surface area contributed by atoms with Gasteiger partial charge in [0.1, 0.15) is 0 Å². The van der Waals surface area contributed by atoms with Crippen molar-refractivity contribution in [1.82, 2.24) is 15.5 Å². The number of hydrogen-bond acceptors (Lipinski definition) is 6. The third-order valence-corrected chi connectivity index (χ3v) is 3.46. The van der Waals surface area contributed by atoms with Crippen LogP contribution in [0.3, 0.4) is 0 Å². The summed E-state index contributed by atoms with van der Waals surface area (Å²) in [6.45, 7) is 0.505. The van der Waals surface area contributed by atoms with E-state index in [0.717, 1.165) is 11.3 Å². The number of aliphatic hydroxyl groups excluding tert-OH is 1. The van der Waals surface area contributed by atoms with E-state index in [0.29, 0.717) is 23.8 Å². The van der Waals surface area contributed by atoms with Gasteiger partial charge in [-0.25, -0.2) is 0 Å². The maximum atomic E-state index is 11.9. The van der Waals surface area contributed by atoms with E-state index in [-0.39, 0.29) is 19.1 Å². The van der Waals surface area contributed by atoms with E-state index in [1.165, 1.54) is 0 Å². The number of nitrogens with zero attached hydrogens (tertiary/aromatic N) is 2. The zero-order chi connectivity index (χ0) is 17.5. The molecule has 1 heterocycles. The average Bonchev–Trinajstić information content (AvgIpc) is 3.14. The molecule has 0 saturated heterocycles. The Morgan fingerprint density at radius 3 is 2.76 bits per heavy atom. The first-order valence-electron chi connectivity index (χ1n) is 7.87. The topological polar surface area (TPSA) is 100 Å². The predicted molar refractivity (Wildman–Crippen MR) is 92.9 cm³/mol. The van der Waals surface area contributed by atoms with Crippen LogP contribution < -0.4 is 10.6 Å². The molecule has 0 aliphatic rings. The van der Waals surface area contributed by atoms with Crippen molar-refractivity contribution in [2.24, 2.45) is 0 Å². The molecular formula is C18H18N4O3. The molecule has 0 unspecified atom stereocenters. The molecule has 0 spiro atoms. The number of nitrogens with one attached hydrogen (secondary N) is 2. The summed E-state index contributed by atoms with van der Waals surface area (Å²) in [6, 6.07) is 16.6. The van der Waals surface area contributed by atoms with Crippen LogP contribution in [-0.4, -0.2) is 34.3 Å². The van der Waals surface area contributed by atoms with Crippen molar-refractivity contribution in [1.29, 1.82) is 0 Å². The Morgan fingerprint density at radius 2 is 1.96 bits per heavy atom. The second kappa shape index (κ2) is 8.07. The summed E-state index contributed by atoms with van der Waals surface area (Å²) in [4.78, 5) is 16.2. The maximum absolute atomic E-state index is 11.9. The molecule has 1 amide bonds. The Morgan fingerprint density at radius 1 is 1.12 bits per heavy atom. The number of amides is 1. The lowest BCUT2D eigenvalue weighted by Crippen LogP contribution is -2.26. The highest BCUT2D eigenvalue weighted by atomic mass is 16.5. The molecule has 0 radical (unpaired) electrons. The number of rotatable bonds is 7. The monoisotopic (exact) mass is 338 g/mol. The van der Waals surface area contributed by atoms with Gasteiger partial charge in [0.05, 0.1) is 13.2 Å². The van der Waals surface area contributed by atoms with E-state index < -0.39 is 0 Å². The van der Waals surface area contributed by atoms with E-state index >= 15 is 0 Å². The molecular weight excluding hydrogens is 320 g/mol. The third-order valence-electron chi connectivity index (χ3n) is 3.46. The van der Waals surface area contributed by atoms with Crippen molar-refractivity contribution in [3.05, 3.63) is 66.0 Å².